The molecular formula is C28H24ClN3O5. The number of urea groups is 1. The summed E-state index contributed by atoms with van der Waals surface area (Å²) in [6.45, 7) is 5.44. The van der Waals surface area contributed by atoms with E-state index >= 15 is 0 Å². The van der Waals surface area contributed by atoms with Gasteiger partial charge in [-0.15, -0.1) is 0 Å². The van der Waals surface area contributed by atoms with Crippen molar-refractivity contribution in [1.82, 2.24) is 5.32 Å². The Morgan fingerprint density at radius 3 is 2.49 bits per heavy atom. The lowest BCUT2D eigenvalue weighted by atomic mass is 10.0. The van der Waals surface area contributed by atoms with Gasteiger partial charge in [-0.1, -0.05) is 35.9 Å². The summed E-state index contributed by atoms with van der Waals surface area (Å²) >= 11 is 6.33. The second-order valence-corrected chi connectivity index (χ2v) is 9.03. The molecule has 0 aliphatic carbocycles. The monoisotopic (exact) mass is 517 g/mol. The van der Waals surface area contributed by atoms with E-state index in [0.29, 0.717) is 16.9 Å². The highest BCUT2D eigenvalue weighted by atomic mass is 35.5. The normalized spacial score (nSPS) is 14.5. The first-order chi connectivity index (χ1) is 17.6. The lowest BCUT2D eigenvalue weighted by Gasteiger charge is -2.26. The van der Waals surface area contributed by atoms with Gasteiger partial charge in [-0.05, 0) is 85.5 Å². The van der Waals surface area contributed by atoms with Crippen LogP contribution in [0.1, 0.15) is 22.3 Å². The van der Waals surface area contributed by atoms with Gasteiger partial charge in [0.25, 0.3) is 17.7 Å². The molecule has 1 aliphatic heterocycles. The number of barbiturate groups is 1. The molecular weight excluding hydrogens is 494 g/mol. The molecule has 3 aromatic rings. The SMILES string of the molecule is Cc1cccc(NC(=O)COc2ccc(/C=C3\C(=O)NC(=O)N(c4ccc(C)c(C)c4)C3=O)cc2Cl)c1. The third-order valence-electron chi connectivity index (χ3n) is 5.78. The van der Waals surface area contributed by atoms with Gasteiger partial charge in [0.2, 0.25) is 0 Å². The Labute approximate surface area is 218 Å². The number of carbonyl (C=O) groups excluding carboxylic acids is 4. The van der Waals surface area contributed by atoms with Crippen LogP contribution in [0.2, 0.25) is 5.02 Å². The molecule has 0 spiro atoms. The molecule has 2 N–H and O–H groups in total. The van der Waals surface area contributed by atoms with E-state index in [2.05, 4.69) is 10.6 Å². The quantitative estimate of drug-likeness (QED) is 0.355. The van der Waals surface area contributed by atoms with Crippen molar-refractivity contribution in [2.75, 3.05) is 16.8 Å². The van der Waals surface area contributed by atoms with Crippen molar-refractivity contribution in [1.29, 1.82) is 0 Å². The smallest absolute Gasteiger partial charge is 0.335 e. The number of nitrogens with zero attached hydrogens (tertiary/aromatic N) is 1. The molecule has 3 aromatic carbocycles. The predicted molar refractivity (Wildman–Crippen MR) is 142 cm³/mol. The average Bonchev–Trinajstić information content (AvgIpc) is 2.83. The number of nitrogens with one attached hydrogen (secondary N) is 2. The molecule has 9 heteroatoms. The number of anilines is 2. The van der Waals surface area contributed by atoms with Gasteiger partial charge < -0.3 is 10.1 Å². The number of hydrogen-bond acceptors (Lipinski definition) is 5. The molecule has 37 heavy (non-hydrogen) atoms. The van der Waals surface area contributed by atoms with Gasteiger partial charge in [-0.2, -0.15) is 0 Å². The number of imide groups is 2. The zero-order chi connectivity index (χ0) is 26.7. The summed E-state index contributed by atoms with van der Waals surface area (Å²) in [5.74, 6) is -1.65. The first-order valence-electron chi connectivity index (χ1n) is 11.4. The van der Waals surface area contributed by atoms with Crippen molar-refractivity contribution < 1.29 is 23.9 Å². The van der Waals surface area contributed by atoms with Crippen LogP contribution >= 0.6 is 11.6 Å². The van der Waals surface area contributed by atoms with Crippen LogP contribution in [-0.2, 0) is 14.4 Å². The topological polar surface area (TPSA) is 105 Å². The van der Waals surface area contributed by atoms with Gasteiger partial charge in [-0.3, -0.25) is 19.7 Å². The lowest BCUT2D eigenvalue weighted by molar-refractivity contribution is -0.122. The van der Waals surface area contributed by atoms with Gasteiger partial charge in [0.15, 0.2) is 6.61 Å². The van der Waals surface area contributed by atoms with Crippen LogP contribution in [0, 0.1) is 20.8 Å². The highest BCUT2D eigenvalue weighted by Gasteiger charge is 2.36. The van der Waals surface area contributed by atoms with Crippen molar-refractivity contribution >= 4 is 52.8 Å². The van der Waals surface area contributed by atoms with Crippen molar-refractivity contribution in [3.8, 4) is 5.75 Å². The minimum atomic E-state index is -0.818. The van der Waals surface area contributed by atoms with E-state index < -0.39 is 17.8 Å². The predicted octanol–water partition coefficient (Wildman–Crippen LogP) is 4.95. The highest BCUT2D eigenvalue weighted by molar-refractivity contribution is 6.39. The van der Waals surface area contributed by atoms with Crippen molar-refractivity contribution in [3.63, 3.8) is 0 Å². The lowest BCUT2D eigenvalue weighted by Crippen LogP contribution is -2.54. The van der Waals surface area contributed by atoms with E-state index in [1.807, 2.05) is 39.0 Å². The van der Waals surface area contributed by atoms with Crippen LogP contribution in [0.5, 0.6) is 5.75 Å². The third kappa shape index (κ3) is 5.87. The maximum atomic E-state index is 13.1. The molecule has 8 nitrogen and oxygen atoms in total. The van der Waals surface area contributed by atoms with Crippen molar-refractivity contribution in [3.05, 3.63) is 93.5 Å². The summed E-state index contributed by atoms with van der Waals surface area (Å²) < 4.78 is 5.53. The summed E-state index contributed by atoms with van der Waals surface area (Å²) in [4.78, 5) is 51.2. The van der Waals surface area contributed by atoms with Gasteiger partial charge >= 0.3 is 6.03 Å². The molecule has 5 amide bonds. The molecule has 1 saturated heterocycles. The van der Waals surface area contributed by atoms with Crippen LogP contribution < -0.4 is 20.3 Å². The Hall–Kier alpha value is -4.43. The molecule has 0 aromatic heterocycles. The molecule has 0 radical (unpaired) electrons. The molecule has 0 bridgehead atoms. The van der Waals surface area contributed by atoms with Crippen LogP contribution in [0.15, 0.2) is 66.2 Å². The minimum Gasteiger partial charge on any atom is -0.482 e. The van der Waals surface area contributed by atoms with Crippen LogP contribution in [0.25, 0.3) is 6.08 Å². The summed E-state index contributed by atoms with van der Waals surface area (Å²) in [6.07, 6.45) is 1.35. The first kappa shape index (κ1) is 25.7. The fourth-order valence-corrected chi connectivity index (χ4v) is 3.95. The fourth-order valence-electron chi connectivity index (χ4n) is 3.71. The van der Waals surface area contributed by atoms with E-state index in [-0.39, 0.29) is 28.9 Å². The number of ether oxygens (including phenoxy) is 1. The zero-order valence-electron chi connectivity index (χ0n) is 20.4. The Morgan fingerprint density at radius 1 is 1.00 bits per heavy atom. The Morgan fingerprint density at radius 2 is 1.78 bits per heavy atom. The maximum absolute atomic E-state index is 13.1. The summed E-state index contributed by atoms with van der Waals surface area (Å²) in [6, 6.07) is 16.3. The standard InChI is InChI=1S/C28H24ClN3O5/c1-16-5-4-6-20(11-16)30-25(33)15-37-24-10-8-19(14-23(24)29)13-22-26(34)31-28(36)32(27(22)35)21-9-7-17(2)18(3)12-21/h4-14H,15H2,1-3H3,(H,30,33)(H,31,34,36)/b22-13+. The summed E-state index contributed by atoms with van der Waals surface area (Å²) in [5.41, 5.74) is 4.15. The van der Waals surface area contributed by atoms with Crippen molar-refractivity contribution in [2.24, 2.45) is 0 Å². The van der Waals surface area contributed by atoms with Gasteiger partial charge in [-0.25, -0.2) is 9.69 Å². The Balaban J connectivity index is 1.49. The van der Waals surface area contributed by atoms with Gasteiger partial charge in [0, 0.05) is 5.69 Å². The molecule has 0 atom stereocenters. The zero-order valence-corrected chi connectivity index (χ0v) is 21.2. The van der Waals surface area contributed by atoms with Gasteiger partial charge in [0.1, 0.15) is 11.3 Å². The molecule has 0 saturated carbocycles. The fraction of sp³-hybridized carbons (Fsp3) is 0.143. The molecule has 1 heterocycles. The van der Waals surface area contributed by atoms with Crippen LogP contribution in [0.3, 0.4) is 0 Å². The van der Waals surface area contributed by atoms with E-state index in [1.54, 1.807) is 30.3 Å². The van der Waals surface area contributed by atoms with Crippen molar-refractivity contribution in [2.45, 2.75) is 20.8 Å². The molecule has 188 valence electrons. The Bertz CT molecular complexity index is 1460. The van der Waals surface area contributed by atoms with E-state index in [4.69, 9.17) is 16.3 Å². The second kappa shape index (κ2) is 10.7. The number of benzene rings is 3. The number of rotatable bonds is 6. The van der Waals surface area contributed by atoms with E-state index in [1.165, 1.54) is 18.2 Å². The second-order valence-electron chi connectivity index (χ2n) is 8.62. The minimum absolute atomic E-state index is 0.184. The Kier molecular flexibility index (Phi) is 7.40. The van der Waals surface area contributed by atoms with Crippen LogP contribution in [0.4, 0.5) is 16.2 Å². The summed E-state index contributed by atoms with van der Waals surface area (Å²) in [7, 11) is 0. The largest absolute Gasteiger partial charge is 0.482 e. The highest BCUT2D eigenvalue weighted by Crippen LogP contribution is 2.28. The van der Waals surface area contributed by atoms with Crippen LogP contribution in [-0.4, -0.2) is 30.4 Å². The van der Waals surface area contributed by atoms with E-state index in [0.717, 1.165) is 21.6 Å². The third-order valence-corrected chi connectivity index (χ3v) is 6.07. The number of amides is 5. The summed E-state index contributed by atoms with van der Waals surface area (Å²) in [5, 5.41) is 5.13. The van der Waals surface area contributed by atoms with Gasteiger partial charge in [0.05, 0.1) is 10.7 Å². The maximum Gasteiger partial charge on any atom is 0.335 e. The number of aryl methyl sites for hydroxylation is 3. The molecule has 1 aliphatic rings. The first-order valence-corrected chi connectivity index (χ1v) is 11.8. The molecule has 1 fully saturated rings. The molecule has 0 unspecified atom stereocenters. The average molecular weight is 518 g/mol. The molecule has 4 rings (SSSR count). The van der Waals surface area contributed by atoms with E-state index in [9.17, 15) is 19.2 Å². The number of carbonyl (C=O) groups is 4. The number of hydrogen-bond donors (Lipinski definition) is 2. The number of halogens is 1.